The monoisotopic (exact) mass is 179 g/mol. The number of carbonyl (C=O) groups excluding carboxylic acids is 1. The zero-order valence-electron chi connectivity index (χ0n) is 7.07. The van der Waals surface area contributed by atoms with E-state index in [2.05, 4.69) is 0 Å². The number of amides is 1. The van der Waals surface area contributed by atoms with Crippen LogP contribution in [-0.4, -0.2) is 42.6 Å². The summed E-state index contributed by atoms with van der Waals surface area (Å²) >= 11 is 0. The summed E-state index contributed by atoms with van der Waals surface area (Å²) in [6.45, 7) is 1.26. The molecule has 0 saturated carbocycles. The van der Waals surface area contributed by atoms with Crippen LogP contribution in [0, 0.1) is 0 Å². The Bertz CT molecular complexity index is 184. The second-order valence-corrected chi connectivity index (χ2v) is 5.36. The summed E-state index contributed by atoms with van der Waals surface area (Å²) < 4.78 is 10.7. The highest BCUT2D eigenvalue weighted by Gasteiger charge is 2.13. The number of nitrogens with zero attached hydrogens (tertiary/aromatic N) is 1. The maximum Gasteiger partial charge on any atom is 0.222 e. The van der Waals surface area contributed by atoms with E-state index in [0.29, 0.717) is 0 Å². The zero-order chi connectivity index (χ0) is 9.07. The van der Waals surface area contributed by atoms with Crippen LogP contribution in [0.4, 0.5) is 0 Å². The standard InChI is InChI=1S/C6H14NO3P/c1-7(2)6(8)4-5-11(3,9)10/h4-5H2,1-3H3,(H,9,10). The molecule has 0 bridgehead atoms. The average molecular weight is 179 g/mol. The predicted molar refractivity (Wildman–Crippen MR) is 43.9 cm³/mol. The molecular weight excluding hydrogens is 165 g/mol. The molecule has 0 aliphatic rings. The Morgan fingerprint density at radius 1 is 1.55 bits per heavy atom. The average Bonchev–Trinajstić information content (AvgIpc) is 1.80. The van der Waals surface area contributed by atoms with Crippen molar-refractivity contribution in [2.75, 3.05) is 26.9 Å². The molecule has 1 unspecified atom stereocenters. The van der Waals surface area contributed by atoms with Crippen molar-refractivity contribution in [3.63, 3.8) is 0 Å². The number of carbonyl (C=O) groups is 1. The molecule has 0 rings (SSSR count). The van der Waals surface area contributed by atoms with Crippen LogP contribution in [0.5, 0.6) is 0 Å². The molecule has 1 N–H and O–H groups in total. The Kier molecular flexibility index (Phi) is 3.76. The molecule has 0 saturated heterocycles. The summed E-state index contributed by atoms with van der Waals surface area (Å²) in [5.41, 5.74) is 0. The van der Waals surface area contributed by atoms with E-state index in [4.69, 9.17) is 4.89 Å². The third-order valence-electron chi connectivity index (χ3n) is 1.24. The van der Waals surface area contributed by atoms with Gasteiger partial charge in [-0.25, -0.2) is 0 Å². The zero-order valence-corrected chi connectivity index (χ0v) is 7.97. The Morgan fingerprint density at radius 3 is 2.27 bits per heavy atom. The van der Waals surface area contributed by atoms with Gasteiger partial charge in [0.2, 0.25) is 5.91 Å². The first-order valence-corrected chi connectivity index (χ1v) is 5.61. The molecule has 66 valence electrons. The molecule has 0 aromatic heterocycles. The van der Waals surface area contributed by atoms with Crippen LogP contribution in [0.25, 0.3) is 0 Å². The Morgan fingerprint density at radius 2 is 2.00 bits per heavy atom. The third-order valence-corrected chi connectivity index (χ3v) is 2.29. The minimum Gasteiger partial charge on any atom is -0.349 e. The van der Waals surface area contributed by atoms with E-state index in [9.17, 15) is 9.36 Å². The van der Waals surface area contributed by atoms with Crippen molar-refractivity contribution in [1.82, 2.24) is 4.90 Å². The predicted octanol–water partition coefficient (Wildman–Crippen LogP) is 0.365. The minimum atomic E-state index is -3.01. The summed E-state index contributed by atoms with van der Waals surface area (Å²) in [7, 11) is 0.244. The van der Waals surface area contributed by atoms with E-state index >= 15 is 0 Å². The normalized spacial score (nSPS) is 15.6. The van der Waals surface area contributed by atoms with Gasteiger partial charge in [0, 0.05) is 33.3 Å². The highest BCUT2D eigenvalue weighted by molar-refractivity contribution is 7.57. The lowest BCUT2D eigenvalue weighted by Crippen LogP contribution is -2.22. The topological polar surface area (TPSA) is 57.6 Å². The largest absolute Gasteiger partial charge is 0.349 e. The maximum atomic E-state index is 10.9. The van der Waals surface area contributed by atoms with Gasteiger partial charge in [-0.05, 0) is 0 Å². The molecule has 0 aliphatic heterocycles. The van der Waals surface area contributed by atoms with Crippen LogP contribution in [0.1, 0.15) is 6.42 Å². The van der Waals surface area contributed by atoms with Gasteiger partial charge in [-0.3, -0.25) is 9.36 Å². The molecule has 11 heavy (non-hydrogen) atoms. The van der Waals surface area contributed by atoms with Gasteiger partial charge in [0.25, 0.3) is 0 Å². The number of rotatable bonds is 3. The first-order valence-electron chi connectivity index (χ1n) is 3.32. The SMILES string of the molecule is CN(C)C(=O)CCP(C)(=O)O. The van der Waals surface area contributed by atoms with E-state index in [1.165, 1.54) is 11.6 Å². The molecule has 0 aromatic carbocycles. The van der Waals surface area contributed by atoms with Crippen LogP contribution in [-0.2, 0) is 9.36 Å². The van der Waals surface area contributed by atoms with Gasteiger partial charge in [-0.15, -0.1) is 0 Å². The summed E-state index contributed by atoms with van der Waals surface area (Å²) in [6.07, 6.45) is 0.224. The lowest BCUT2D eigenvalue weighted by Gasteiger charge is -2.10. The molecule has 0 fully saturated rings. The van der Waals surface area contributed by atoms with E-state index in [0.717, 1.165) is 0 Å². The first-order chi connectivity index (χ1) is 4.83. The number of hydrogen-bond acceptors (Lipinski definition) is 2. The molecule has 1 atom stereocenters. The van der Waals surface area contributed by atoms with Gasteiger partial charge in [0.05, 0.1) is 0 Å². The molecule has 4 nitrogen and oxygen atoms in total. The molecule has 0 aliphatic carbocycles. The fourth-order valence-electron chi connectivity index (χ4n) is 0.527. The van der Waals surface area contributed by atoms with E-state index in [-0.39, 0.29) is 18.5 Å². The molecule has 5 heteroatoms. The Labute approximate surface area is 66.7 Å². The minimum absolute atomic E-state index is 0.0734. The smallest absolute Gasteiger partial charge is 0.222 e. The van der Waals surface area contributed by atoms with Crippen LogP contribution in [0.3, 0.4) is 0 Å². The van der Waals surface area contributed by atoms with Gasteiger partial charge in [-0.2, -0.15) is 0 Å². The maximum absolute atomic E-state index is 10.9. The van der Waals surface area contributed by atoms with Crippen LogP contribution in [0.15, 0.2) is 0 Å². The van der Waals surface area contributed by atoms with Crippen molar-refractivity contribution in [1.29, 1.82) is 0 Å². The Hall–Kier alpha value is -0.340. The van der Waals surface area contributed by atoms with E-state index in [1.54, 1.807) is 14.1 Å². The van der Waals surface area contributed by atoms with Crippen LogP contribution >= 0.6 is 7.37 Å². The van der Waals surface area contributed by atoms with Crippen molar-refractivity contribution >= 4 is 13.3 Å². The molecule has 0 spiro atoms. The van der Waals surface area contributed by atoms with Crippen molar-refractivity contribution in [3.8, 4) is 0 Å². The summed E-state index contributed by atoms with van der Waals surface area (Å²) in [4.78, 5) is 21.1. The highest BCUT2D eigenvalue weighted by Crippen LogP contribution is 2.35. The fourth-order valence-corrected chi connectivity index (χ4v) is 1.13. The van der Waals surface area contributed by atoms with Crippen molar-refractivity contribution in [2.24, 2.45) is 0 Å². The van der Waals surface area contributed by atoms with Crippen LogP contribution in [0.2, 0.25) is 0 Å². The van der Waals surface area contributed by atoms with E-state index in [1.807, 2.05) is 0 Å². The quantitative estimate of drug-likeness (QED) is 0.636. The van der Waals surface area contributed by atoms with Gasteiger partial charge >= 0.3 is 0 Å². The van der Waals surface area contributed by atoms with E-state index < -0.39 is 7.37 Å². The molecule has 1 amide bonds. The summed E-state index contributed by atoms with van der Waals surface area (Å²) in [5, 5.41) is 0. The second kappa shape index (κ2) is 3.88. The summed E-state index contributed by atoms with van der Waals surface area (Å²) in [6, 6.07) is 0. The lowest BCUT2D eigenvalue weighted by atomic mass is 10.4. The molecular formula is C6H14NO3P. The van der Waals surface area contributed by atoms with Gasteiger partial charge in [0.15, 0.2) is 7.37 Å². The second-order valence-electron chi connectivity index (χ2n) is 2.81. The lowest BCUT2D eigenvalue weighted by molar-refractivity contribution is -0.128. The van der Waals surface area contributed by atoms with Gasteiger partial charge < -0.3 is 9.79 Å². The first kappa shape index (κ1) is 10.7. The summed E-state index contributed by atoms with van der Waals surface area (Å²) in [5.74, 6) is -0.110. The Balaban J connectivity index is 3.73. The van der Waals surface area contributed by atoms with Crippen molar-refractivity contribution in [3.05, 3.63) is 0 Å². The van der Waals surface area contributed by atoms with Crippen molar-refractivity contribution < 1.29 is 14.3 Å². The number of hydrogen-bond donors (Lipinski definition) is 1. The van der Waals surface area contributed by atoms with Gasteiger partial charge in [0.1, 0.15) is 0 Å². The van der Waals surface area contributed by atoms with Crippen molar-refractivity contribution in [2.45, 2.75) is 6.42 Å². The molecule has 0 heterocycles. The molecule has 0 radical (unpaired) electrons. The molecule has 0 aromatic rings. The third kappa shape index (κ3) is 6.07. The van der Waals surface area contributed by atoms with Gasteiger partial charge in [-0.1, -0.05) is 0 Å². The fraction of sp³-hybridized carbons (Fsp3) is 0.833. The van der Waals surface area contributed by atoms with Crippen LogP contribution < -0.4 is 0 Å². The highest BCUT2D eigenvalue weighted by atomic mass is 31.2.